The van der Waals surface area contributed by atoms with Crippen molar-refractivity contribution in [3.63, 3.8) is 0 Å². The number of guanidine groups is 1. The Kier molecular flexibility index (Phi) is 8.59. The van der Waals surface area contributed by atoms with Gasteiger partial charge in [0.15, 0.2) is 5.96 Å². The van der Waals surface area contributed by atoms with Gasteiger partial charge in [-0.2, -0.15) is 0 Å². The third-order valence-electron chi connectivity index (χ3n) is 5.25. The summed E-state index contributed by atoms with van der Waals surface area (Å²) in [6.45, 7) is 3.09. The van der Waals surface area contributed by atoms with Crippen LogP contribution in [0.2, 0.25) is 0 Å². The highest BCUT2D eigenvalue weighted by atomic mass is 127. The molecule has 154 valence electrons. The molecule has 1 aromatic carbocycles. The summed E-state index contributed by atoms with van der Waals surface area (Å²) in [4.78, 5) is 21.3. The SMILES string of the molecule is Cc1cccc2[nH]cc(CCNC(=NCC(=O)N(C)C)NC3CCCC3)c12.I. The molecular weight excluding hydrogens is 465 g/mol. The summed E-state index contributed by atoms with van der Waals surface area (Å²) in [7, 11) is 3.52. The zero-order chi connectivity index (χ0) is 19.2. The molecule has 28 heavy (non-hydrogen) atoms. The topological polar surface area (TPSA) is 72.5 Å². The lowest BCUT2D eigenvalue weighted by Crippen LogP contribution is -2.43. The van der Waals surface area contributed by atoms with Crippen molar-refractivity contribution >= 4 is 46.7 Å². The van der Waals surface area contributed by atoms with E-state index in [1.54, 1.807) is 19.0 Å². The van der Waals surface area contributed by atoms with Crippen LogP contribution >= 0.6 is 24.0 Å². The van der Waals surface area contributed by atoms with Crippen molar-refractivity contribution in [3.8, 4) is 0 Å². The molecule has 1 fully saturated rings. The molecule has 3 rings (SSSR count). The number of halogens is 1. The highest BCUT2D eigenvalue weighted by Crippen LogP contribution is 2.22. The van der Waals surface area contributed by atoms with Crippen molar-refractivity contribution in [2.24, 2.45) is 4.99 Å². The van der Waals surface area contributed by atoms with Crippen LogP contribution in [0, 0.1) is 6.92 Å². The molecule has 0 unspecified atom stereocenters. The average Bonchev–Trinajstić information content (AvgIpc) is 3.29. The van der Waals surface area contributed by atoms with Crippen molar-refractivity contribution < 1.29 is 4.79 Å². The fourth-order valence-corrected chi connectivity index (χ4v) is 3.67. The molecule has 0 aliphatic heterocycles. The summed E-state index contributed by atoms with van der Waals surface area (Å²) in [6, 6.07) is 6.80. The van der Waals surface area contributed by atoms with Crippen LogP contribution in [0.15, 0.2) is 29.4 Å². The first kappa shape index (κ1) is 22.5. The van der Waals surface area contributed by atoms with Crippen molar-refractivity contribution in [2.75, 3.05) is 27.2 Å². The summed E-state index contributed by atoms with van der Waals surface area (Å²) in [5.74, 6) is 0.753. The summed E-state index contributed by atoms with van der Waals surface area (Å²) in [5, 5.41) is 8.23. The minimum Gasteiger partial charge on any atom is -0.361 e. The number of amides is 1. The Bertz CT molecular complexity index is 808. The number of fused-ring (bicyclic) bond motifs is 1. The largest absolute Gasteiger partial charge is 0.361 e. The van der Waals surface area contributed by atoms with Gasteiger partial charge in [-0.15, -0.1) is 24.0 Å². The van der Waals surface area contributed by atoms with Crippen LogP contribution in [-0.2, 0) is 11.2 Å². The smallest absolute Gasteiger partial charge is 0.243 e. The van der Waals surface area contributed by atoms with Crippen LogP contribution in [0.5, 0.6) is 0 Å². The lowest BCUT2D eigenvalue weighted by atomic mass is 10.1. The van der Waals surface area contributed by atoms with E-state index in [9.17, 15) is 4.79 Å². The quantitative estimate of drug-likeness (QED) is 0.326. The number of nitrogens with zero attached hydrogens (tertiary/aromatic N) is 2. The monoisotopic (exact) mass is 497 g/mol. The van der Waals surface area contributed by atoms with E-state index in [2.05, 4.69) is 51.9 Å². The number of hydrogen-bond donors (Lipinski definition) is 3. The maximum Gasteiger partial charge on any atom is 0.243 e. The van der Waals surface area contributed by atoms with E-state index in [1.165, 1.54) is 47.7 Å². The van der Waals surface area contributed by atoms with Crippen LogP contribution in [0.1, 0.15) is 36.8 Å². The number of aliphatic imine (C=N–C) groups is 1. The molecule has 1 saturated carbocycles. The predicted molar refractivity (Wildman–Crippen MR) is 127 cm³/mol. The Morgan fingerprint density at radius 3 is 2.75 bits per heavy atom. The number of hydrogen-bond acceptors (Lipinski definition) is 2. The molecule has 2 aromatic rings. The summed E-state index contributed by atoms with van der Waals surface area (Å²) in [5.41, 5.74) is 3.78. The summed E-state index contributed by atoms with van der Waals surface area (Å²) >= 11 is 0. The Labute approximate surface area is 184 Å². The minimum atomic E-state index is 0. The van der Waals surface area contributed by atoms with Crippen molar-refractivity contribution in [1.29, 1.82) is 0 Å². The van der Waals surface area contributed by atoms with Gasteiger partial charge in [0.25, 0.3) is 0 Å². The van der Waals surface area contributed by atoms with Crippen molar-refractivity contribution in [2.45, 2.75) is 45.1 Å². The van der Waals surface area contributed by atoms with Crippen molar-refractivity contribution in [1.82, 2.24) is 20.5 Å². The van der Waals surface area contributed by atoms with Crippen LogP contribution in [-0.4, -0.2) is 55.0 Å². The predicted octanol–water partition coefficient (Wildman–Crippen LogP) is 3.20. The van der Waals surface area contributed by atoms with Crippen LogP contribution < -0.4 is 10.6 Å². The first-order valence-corrected chi connectivity index (χ1v) is 9.85. The Morgan fingerprint density at radius 2 is 2.04 bits per heavy atom. The van der Waals surface area contributed by atoms with Crippen LogP contribution in [0.4, 0.5) is 0 Å². The van der Waals surface area contributed by atoms with Gasteiger partial charge < -0.3 is 20.5 Å². The number of carbonyl (C=O) groups excluding carboxylic acids is 1. The van der Waals surface area contributed by atoms with Gasteiger partial charge in [0.2, 0.25) is 5.91 Å². The van der Waals surface area contributed by atoms with Crippen molar-refractivity contribution in [3.05, 3.63) is 35.5 Å². The van der Waals surface area contributed by atoms with Crippen LogP contribution in [0.3, 0.4) is 0 Å². The summed E-state index contributed by atoms with van der Waals surface area (Å²) in [6.07, 6.45) is 7.86. The van der Waals surface area contributed by atoms with E-state index in [4.69, 9.17) is 0 Å². The Hall–Kier alpha value is -1.77. The fraction of sp³-hybridized carbons (Fsp3) is 0.524. The number of aromatic nitrogens is 1. The van der Waals surface area contributed by atoms with Gasteiger partial charge in [0.1, 0.15) is 6.54 Å². The molecule has 0 atom stereocenters. The van der Waals surface area contributed by atoms with E-state index in [0.717, 1.165) is 18.9 Å². The number of H-pyrrole nitrogens is 1. The van der Waals surface area contributed by atoms with E-state index in [1.807, 2.05) is 0 Å². The van der Waals surface area contributed by atoms with E-state index in [-0.39, 0.29) is 36.4 Å². The standard InChI is InChI=1S/C21H31N5O.HI/c1-15-7-6-10-18-20(15)16(13-23-18)11-12-22-21(24-14-19(27)26(2)3)25-17-8-4-5-9-17;/h6-7,10,13,17,23H,4-5,8-9,11-12,14H2,1-3H3,(H2,22,24,25);1H. The maximum atomic E-state index is 11.9. The number of aryl methyl sites for hydroxylation is 1. The lowest BCUT2D eigenvalue weighted by molar-refractivity contribution is -0.127. The second-order valence-electron chi connectivity index (χ2n) is 7.57. The molecule has 7 heteroatoms. The number of nitrogens with one attached hydrogen (secondary N) is 3. The third kappa shape index (κ3) is 5.86. The van der Waals surface area contributed by atoms with Gasteiger partial charge in [-0.3, -0.25) is 4.79 Å². The molecule has 0 bridgehead atoms. The Balaban J connectivity index is 0.00000280. The van der Waals surface area contributed by atoms with Gasteiger partial charge in [-0.05, 0) is 43.4 Å². The number of aromatic amines is 1. The molecule has 1 aromatic heterocycles. The van der Waals surface area contributed by atoms with Gasteiger partial charge in [-0.1, -0.05) is 25.0 Å². The van der Waals surface area contributed by atoms with Gasteiger partial charge in [0, 0.05) is 43.8 Å². The van der Waals surface area contributed by atoms with E-state index < -0.39 is 0 Å². The molecule has 3 N–H and O–H groups in total. The molecular formula is C21H32IN5O. The molecule has 1 aliphatic rings. The van der Waals surface area contributed by atoms with Gasteiger partial charge in [0.05, 0.1) is 0 Å². The van der Waals surface area contributed by atoms with Gasteiger partial charge in [-0.25, -0.2) is 4.99 Å². The normalized spacial score (nSPS) is 14.8. The first-order chi connectivity index (χ1) is 13.0. The maximum absolute atomic E-state index is 11.9. The second kappa shape index (κ2) is 10.7. The average molecular weight is 497 g/mol. The molecule has 0 spiro atoms. The second-order valence-corrected chi connectivity index (χ2v) is 7.57. The zero-order valence-corrected chi connectivity index (χ0v) is 19.4. The lowest BCUT2D eigenvalue weighted by Gasteiger charge is -2.18. The number of benzene rings is 1. The van der Waals surface area contributed by atoms with E-state index >= 15 is 0 Å². The molecule has 6 nitrogen and oxygen atoms in total. The molecule has 1 aliphatic carbocycles. The number of carbonyl (C=O) groups is 1. The fourth-order valence-electron chi connectivity index (χ4n) is 3.67. The molecule has 1 heterocycles. The van der Waals surface area contributed by atoms with E-state index in [0.29, 0.717) is 6.04 Å². The zero-order valence-electron chi connectivity index (χ0n) is 17.0. The third-order valence-corrected chi connectivity index (χ3v) is 5.25. The number of rotatable bonds is 6. The van der Waals surface area contributed by atoms with Gasteiger partial charge >= 0.3 is 0 Å². The van der Waals surface area contributed by atoms with Crippen LogP contribution in [0.25, 0.3) is 10.9 Å². The Morgan fingerprint density at radius 1 is 1.29 bits per heavy atom. The first-order valence-electron chi connectivity index (χ1n) is 9.85. The molecule has 0 radical (unpaired) electrons. The minimum absolute atomic E-state index is 0. The summed E-state index contributed by atoms with van der Waals surface area (Å²) < 4.78 is 0. The molecule has 1 amide bonds. The highest BCUT2D eigenvalue weighted by Gasteiger charge is 2.16. The number of likely N-dealkylation sites (N-methyl/N-ethyl adjacent to an activating group) is 1. The highest BCUT2D eigenvalue weighted by molar-refractivity contribution is 14.0. The molecule has 0 saturated heterocycles.